The van der Waals surface area contributed by atoms with Crippen molar-refractivity contribution in [3.05, 3.63) is 114 Å². The number of rotatable bonds is 4. The van der Waals surface area contributed by atoms with Crippen molar-refractivity contribution in [1.29, 1.82) is 0 Å². The maximum atomic E-state index is 13.4. The van der Waals surface area contributed by atoms with Crippen molar-refractivity contribution < 1.29 is 4.79 Å². The number of hydrogen-bond donors (Lipinski definition) is 2. The Labute approximate surface area is 223 Å². The van der Waals surface area contributed by atoms with Crippen LogP contribution in [0.4, 0.5) is 5.82 Å². The number of nitrogen functional groups attached to an aromatic ring is 1. The molecular formula is C30H22N8O. The van der Waals surface area contributed by atoms with Crippen LogP contribution in [0.5, 0.6) is 0 Å². The number of pyridine rings is 3. The third-order valence-electron chi connectivity index (χ3n) is 6.27. The van der Waals surface area contributed by atoms with Gasteiger partial charge in [-0.3, -0.25) is 14.8 Å². The maximum Gasteiger partial charge on any atom is 0.259 e. The largest absolute Gasteiger partial charge is 0.381 e. The van der Waals surface area contributed by atoms with Crippen LogP contribution in [0.1, 0.15) is 40.0 Å². The molecule has 0 saturated carbocycles. The molecule has 0 spiro atoms. The van der Waals surface area contributed by atoms with E-state index in [0.29, 0.717) is 16.7 Å². The number of anilines is 1. The molecule has 9 nitrogen and oxygen atoms in total. The first-order valence-corrected chi connectivity index (χ1v) is 12.3. The van der Waals surface area contributed by atoms with E-state index in [-0.39, 0.29) is 17.3 Å². The number of aromatic nitrogens is 6. The molecule has 5 heterocycles. The van der Waals surface area contributed by atoms with Crippen molar-refractivity contribution in [1.82, 2.24) is 34.9 Å². The van der Waals surface area contributed by atoms with Gasteiger partial charge in [0.1, 0.15) is 11.1 Å². The van der Waals surface area contributed by atoms with E-state index in [1.165, 1.54) is 4.52 Å². The summed E-state index contributed by atoms with van der Waals surface area (Å²) in [6.07, 6.45) is 8.41. The van der Waals surface area contributed by atoms with E-state index in [4.69, 9.17) is 10.7 Å². The number of nitrogens with zero attached hydrogens (tertiary/aromatic N) is 6. The lowest BCUT2D eigenvalue weighted by atomic mass is 9.98. The van der Waals surface area contributed by atoms with Crippen molar-refractivity contribution >= 4 is 28.4 Å². The monoisotopic (exact) mass is 510 g/mol. The number of hydrogen-bond acceptors (Lipinski definition) is 7. The Balaban J connectivity index is 1.43. The summed E-state index contributed by atoms with van der Waals surface area (Å²) in [5, 5.41) is 7.26. The molecule has 0 aliphatic carbocycles. The van der Waals surface area contributed by atoms with Gasteiger partial charge in [-0.2, -0.15) is 0 Å². The fraction of sp³-hybridized carbons (Fsp3) is 0.0667. The van der Waals surface area contributed by atoms with Gasteiger partial charge in [0, 0.05) is 47.7 Å². The van der Waals surface area contributed by atoms with Gasteiger partial charge >= 0.3 is 0 Å². The van der Waals surface area contributed by atoms with E-state index in [2.05, 4.69) is 37.2 Å². The van der Waals surface area contributed by atoms with Gasteiger partial charge in [-0.1, -0.05) is 42.2 Å². The fourth-order valence-electron chi connectivity index (χ4n) is 4.39. The van der Waals surface area contributed by atoms with Crippen LogP contribution in [0.2, 0.25) is 0 Å². The van der Waals surface area contributed by atoms with Gasteiger partial charge in [0.2, 0.25) is 0 Å². The highest BCUT2D eigenvalue weighted by molar-refractivity contribution is 6.04. The van der Waals surface area contributed by atoms with Gasteiger partial charge in [-0.25, -0.2) is 14.5 Å². The number of carbonyl (C=O) groups excluding carboxylic acids is 1. The molecule has 5 aromatic heterocycles. The second-order valence-corrected chi connectivity index (χ2v) is 8.85. The van der Waals surface area contributed by atoms with Gasteiger partial charge in [0.15, 0.2) is 11.5 Å². The lowest BCUT2D eigenvalue weighted by Gasteiger charge is -2.19. The molecule has 0 saturated heterocycles. The average Bonchev–Trinajstić information content (AvgIpc) is 3.32. The van der Waals surface area contributed by atoms with Crippen LogP contribution >= 0.6 is 0 Å². The molecule has 6 rings (SSSR count). The minimum Gasteiger partial charge on any atom is -0.381 e. The van der Waals surface area contributed by atoms with Crippen LogP contribution in [-0.4, -0.2) is 35.5 Å². The normalized spacial score (nSPS) is 11.6. The molecule has 1 amide bonds. The summed E-state index contributed by atoms with van der Waals surface area (Å²) in [7, 11) is 0. The van der Waals surface area contributed by atoms with Gasteiger partial charge in [0.05, 0.1) is 22.8 Å². The first kappa shape index (κ1) is 23.8. The second kappa shape index (κ2) is 10.0. The van der Waals surface area contributed by atoms with Crippen molar-refractivity contribution in [3.8, 4) is 23.1 Å². The SMILES string of the molecule is C[C@@H](NC(=O)c1c(N)nn2cccnc12)c1cc2nccc(C#Cc3ccncc3)c2nc1-c1ccccc1. The summed E-state index contributed by atoms with van der Waals surface area (Å²) in [5.41, 5.74) is 12.1. The zero-order chi connectivity index (χ0) is 26.8. The van der Waals surface area contributed by atoms with Crippen LogP contribution in [0.25, 0.3) is 27.9 Å². The third kappa shape index (κ3) is 4.63. The number of fused-ring (bicyclic) bond motifs is 2. The lowest BCUT2D eigenvalue weighted by molar-refractivity contribution is 0.0942. The molecule has 1 aromatic carbocycles. The number of nitrogens with two attached hydrogens (primary N) is 1. The first-order valence-electron chi connectivity index (χ1n) is 12.3. The minimum absolute atomic E-state index is 0.109. The molecular weight excluding hydrogens is 488 g/mol. The Morgan fingerprint density at radius 2 is 1.79 bits per heavy atom. The molecule has 0 radical (unpaired) electrons. The Kier molecular flexibility index (Phi) is 6.11. The lowest BCUT2D eigenvalue weighted by Crippen LogP contribution is -2.28. The molecule has 9 heteroatoms. The molecule has 3 N–H and O–H groups in total. The number of carbonyl (C=O) groups is 1. The van der Waals surface area contributed by atoms with Crippen LogP contribution < -0.4 is 11.1 Å². The van der Waals surface area contributed by atoms with E-state index in [0.717, 1.165) is 27.9 Å². The van der Waals surface area contributed by atoms with E-state index < -0.39 is 6.04 Å². The Morgan fingerprint density at radius 1 is 0.974 bits per heavy atom. The van der Waals surface area contributed by atoms with Gasteiger partial charge < -0.3 is 11.1 Å². The highest BCUT2D eigenvalue weighted by atomic mass is 16.1. The van der Waals surface area contributed by atoms with Gasteiger partial charge in [0.25, 0.3) is 5.91 Å². The van der Waals surface area contributed by atoms with Crippen LogP contribution in [0, 0.1) is 11.8 Å². The molecule has 0 aliphatic heterocycles. The smallest absolute Gasteiger partial charge is 0.259 e. The number of benzene rings is 1. The number of amides is 1. The third-order valence-corrected chi connectivity index (χ3v) is 6.27. The molecule has 0 bridgehead atoms. The zero-order valence-electron chi connectivity index (χ0n) is 20.9. The quantitative estimate of drug-likeness (QED) is 0.341. The fourth-order valence-corrected chi connectivity index (χ4v) is 4.39. The molecule has 0 aliphatic rings. The molecule has 0 fully saturated rings. The summed E-state index contributed by atoms with van der Waals surface area (Å²) < 4.78 is 1.49. The van der Waals surface area contributed by atoms with E-state index in [9.17, 15) is 4.79 Å². The predicted molar refractivity (Wildman–Crippen MR) is 148 cm³/mol. The summed E-state index contributed by atoms with van der Waals surface area (Å²) in [4.78, 5) is 31.3. The Hall–Kier alpha value is -5.62. The molecule has 6 aromatic rings. The van der Waals surface area contributed by atoms with E-state index in [1.807, 2.05) is 61.5 Å². The van der Waals surface area contributed by atoms with Gasteiger partial charge in [-0.05, 0) is 37.3 Å². The topological polar surface area (TPSA) is 124 Å². The maximum absolute atomic E-state index is 13.4. The molecule has 1 atom stereocenters. The van der Waals surface area contributed by atoms with Crippen molar-refractivity contribution in [2.24, 2.45) is 0 Å². The second-order valence-electron chi connectivity index (χ2n) is 8.85. The standard InChI is InChI=1S/C30H22N8O/c1-19(35-30(39)25-28(31)37-38-17-5-13-34-29(25)38)23-18-24-27(36-26(23)21-6-3-2-4-7-21)22(12-16-33-24)9-8-20-10-14-32-15-11-20/h2-7,10-19H,1H3,(H2,31,37)(H,35,39)/t19-/m1/s1. The summed E-state index contributed by atoms with van der Waals surface area (Å²) in [5.74, 6) is 6.13. The van der Waals surface area contributed by atoms with Gasteiger partial charge in [-0.15, -0.1) is 5.10 Å². The summed E-state index contributed by atoms with van der Waals surface area (Å²) in [6.45, 7) is 1.90. The Morgan fingerprint density at radius 3 is 2.62 bits per heavy atom. The summed E-state index contributed by atoms with van der Waals surface area (Å²) >= 11 is 0. The predicted octanol–water partition coefficient (Wildman–Crippen LogP) is 4.21. The van der Waals surface area contributed by atoms with Crippen molar-refractivity contribution in [3.63, 3.8) is 0 Å². The van der Waals surface area contributed by atoms with Crippen LogP contribution in [0.3, 0.4) is 0 Å². The van der Waals surface area contributed by atoms with Crippen molar-refractivity contribution in [2.45, 2.75) is 13.0 Å². The van der Waals surface area contributed by atoms with Crippen molar-refractivity contribution in [2.75, 3.05) is 5.73 Å². The molecule has 188 valence electrons. The molecule has 0 unspecified atom stereocenters. The van der Waals surface area contributed by atoms with Crippen LogP contribution in [0.15, 0.2) is 91.6 Å². The van der Waals surface area contributed by atoms with E-state index >= 15 is 0 Å². The highest BCUT2D eigenvalue weighted by Crippen LogP contribution is 2.31. The minimum atomic E-state index is -0.434. The number of nitrogens with one attached hydrogen (secondary N) is 1. The first-order chi connectivity index (χ1) is 19.1. The van der Waals surface area contributed by atoms with Crippen LogP contribution in [-0.2, 0) is 0 Å². The molecule has 39 heavy (non-hydrogen) atoms. The summed E-state index contributed by atoms with van der Waals surface area (Å²) in [6, 6.07) is 18.6. The van der Waals surface area contributed by atoms with E-state index in [1.54, 1.807) is 37.1 Å². The highest BCUT2D eigenvalue weighted by Gasteiger charge is 2.23. The Bertz CT molecular complexity index is 1890. The average molecular weight is 511 g/mol. The zero-order valence-corrected chi connectivity index (χ0v) is 20.9.